The first-order valence-corrected chi connectivity index (χ1v) is 14.5. The van der Waals surface area contributed by atoms with Crippen LogP contribution < -0.4 is 10.6 Å². The van der Waals surface area contributed by atoms with E-state index in [1.807, 2.05) is 91.0 Å². The molecule has 44 heavy (non-hydrogen) atoms. The SMILES string of the molecule is CC(C)(C)OC(=O)NC(CCCC(NC(=O)OCc1ccccc1)C(=O)OCc1ccccc1)C(=O)OCc1ccccc1. The quantitative estimate of drug-likeness (QED) is 0.174. The van der Waals surface area contributed by atoms with Gasteiger partial charge in [0.2, 0.25) is 0 Å². The molecule has 0 aromatic heterocycles. The summed E-state index contributed by atoms with van der Waals surface area (Å²) in [5, 5.41) is 5.16. The standard InChI is InChI=1S/C34H40N2O8/c1-34(2,3)44-33(40)36-29(31(38)42-23-26-16-9-5-10-17-26)21-13-20-28(30(37)41-22-25-14-7-4-8-15-25)35-32(39)43-24-27-18-11-6-12-19-27/h4-12,14-19,28-29H,13,20-24H2,1-3H3,(H,35,39)(H,36,40). The number of hydrogen-bond acceptors (Lipinski definition) is 8. The van der Waals surface area contributed by atoms with Crippen molar-refractivity contribution in [3.8, 4) is 0 Å². The van der Waals surface area contributed by atoms with E-state index >= 15 is 0 Å². The number of amides is 2. The van der Waals surface area contributed by atoms with Gasteiger partial charge in [-0.1, -0.05) is 91.0 Å². The Labute approximate surface area is 258 Å². The molecule has 10 heteroatoms. The van der Waals surface area contributed by atoms with E-state index in [2.05, 4.69) is 10.6 Å². The van der Waals surface area contributed by atoms with Crippen molar-refractivity contribution < 1.29 is 38.1 Å². The number of alkyl carbamates (subject to hydrolysis) is 2. The summed E-state index contributed by atoms with van der Waals surface area (Å²) < 4.78 is 21.6. The molecule has 0 spiro atoms. The molecule has 0 fully saturated rings. The lowest BCUT2D eigenvalue weighted by atomic mass is 10.1. The Morgan fingerprint density at radius 3 is 1.32 bits per heavy atom. The Hall–Kier alpha value is -4.86. The Morgan fingerprint density at radius 2 is 0.932 bits per heavy atom. The highest BCUT2D eigenvalue weighted by Gasteiger charge is 2.28. The fraction of sp³-hybridized carbons (Fsp3) is 0.353. The summed E-state index contributed by atoms with van der Waals surface area (Å²) in [7, 11) is 0. The summed E-state index contributed by atoms with van der Waals surface area (Å²) in [5.41, 5.74) is 1.58. The molecule has 2 N–H and O–H groups in total. The molecular formula is C34H40N2O8. The van der Waals surface area contributed by atoms with Crippen LogP contribution in [0.4, 0.5) is 9.59 Å². The molecule has 234 valence electrons. The van der Waals surface area contributed by atoms with Crippen LogP contribution in [0.3, 0.4) is 0 Å². The summed E-state index contributed by atoms with van der Waals surface area (Å²) >= 11 is 0. The maximum absolute atomic E-state index is 13.1. The van der Waals surface area contributed by atoms with Gasteiger partial charge in [0.1, 0.15) is 37.5 Å². The fourth-order valence-corrected chi connectivity index (χ4v) is 4.04. The zero-order valence-corrected chi connectivity index (χ0v) is 25.3. The molecule has 3 rings (SSSR count). The first-order valence-electron chi connectivity index (χ1n) is 14.5. The molecule has 0 heterocycles. The van der Waals surface area contributed by atoms with Crippen LogP contribution in [0, 0.1) is 0 Å². The van der Waals surface area contributed by atoms with Gasteiger partial charge in [0.25, 0.3) is 0 Å². The predicted octanol–water partition coefficient (Wildman–Crippen LogP) is 5.83. The van der Waals surface area contributed by atoms with Crippen molar-refractivity contribution in [2.24, 2.45) is 0 Å². The largest absolute Gasteiger partial charge is 0.459 e. The minimum absolute atomic E-state index is 0.0194. The maximum Gasteiger partial charge on any atom is 0.408 e. The number of rotatable bonds is 14. The molecule has 2 atom stereocenters. The number of esters is 2. The van der Waals surface area contributed by atoms with E-state index in [0.29, 0.717) is 0 Å². The number of carbonyl (C=O) groups excluding carboxylic acids is 4. The lowest BCUT2D eigenvalue weighted by molar-refractivity contribution is -0.147. The smallest absolute Gasteiger partial charge is 0.408 e. The third-order valence-corrected chi connectivity index (χ3v) is 6.20. The van der Waals surface area contributed by atoms with Gasteiger partial charge < -0.3 is 29.6 Å². The second-order valence-corrected chi connectivity index (χ2v) is 11.1. The Bertz CT molecular complexity index is 1330. The highest BCUT2D eigenvalue weighted by atomic mass is 16.6. The van der Waals surface area contributed by atoms with Crippen LogP contribution in [0.25, 0.3) is 0 Å². The molecule has 0 aliphatic carbocycles. The maximum atomic E-state index is 13.1. The van der Waals surface area contributed by atoms with Crippen molar-refractivity contribution in [3.63, 3.8) is 0 Å². The monoisotopic (exact) mass is 604 g/mol. The molecule has 0 bridgehead atoms. The summed E-state index contributed by atoms with van der Waals surface area (Å²) in [6.07, 6.45) is -1.12. The van der Waals surface area contributed by atoms with Crippen LogP contribution in [-0.4, -0.2) is 41.8 Å². The molecule has 2 amide bonds. The van der Waals surface area contributed by atoms with Gasteiger partial charge in [-0.2, -0.15) is 0 Å². The van der Waals surface area contributed by atoms with Crippen molar-refractivity contribution in [1.82, 2.24) is 10.6 Å². The third-order valence-electron chi connectivity index (χ3n) is 6.20. The first kappa shape index (κ1) is 33.6. The minimum atomic E-state index is -1.07. The third kappa shape index (κ3) is 13.0. The Morgan fingerprint density at radius 1 is 0.568 bits per heavy atom. The Kier molecular flexibility index (Phi) is 13.2. The van der Waals surface area contributed by atoms with E-state index in [1.54, 1.807) is 20.8 Å². The van der Waals surface area contributed by atoms with Gasteiger partial charge in [-0.15, -0.1) is 0 Å². The molecule has 0 aliphatic rings. The van der Waals surface area contributed by atoms with E-state index < -0.39 is 41.8 Å². The Balaban J connectivity index is 1.64. The van der Waals surface area contributed by atoms with Crippen LogP contribution >= 0.6 is 0 Å². The summed E-state index contributed by atoms with van der Waals surface area (Å²) in [4.78, 5) is 51.2. The average molecular weight is 605 g/mol. The second-order valence-electron chi connectivity index (χ2n) is 11.1. The first-order chi connectivity index (χ1) is 21.1. The van der Waals surface area contributed by atoms with E-state index in [1.165, 1.54) is 0 Å². The number of nitrogens with one attached hydrogen (secondary N) is 2. The normalized spacial score (nSPS) is 12.2. The molecule has 0 saturated carbocycles. The number of carbonyl (C=O) groups is 4. The van der Waals surface area contributed by atoms with Gasteiger partial charge in [-0.3, -0.25) is 0 Å². The lowest BCUT2D eigenvalue weighted by Crippen LogP contribution is -2.45. The predicted molar refractivity (Wildman–Crippen MR) is 163 cm³/mol. The van der Waals surface area contributed by atoms with Crippen LogP contribution in [0.5, 0.6) is 0 Å². The van der Waals surface area contributed by atoms with Crippen molar-refractivity contribution in [1.29, 1.82) is 0 Å². The van der Waals surface area contributed by atoms with E-state index in [4.69, 9.17) is 18.9 Å². The number of hydrogen-bond donors (Lipinski definition) is 2. The van der Waals surface area contributed by atoms with Gasteiger partial charge in [0, 0.05) is 0 Å². The van der Waals surface area contributed by atoms with Gasteiger partial charge >= 0.3 is 24.1 Å². The fourth-order valence-electron chi connectivity index (χ4n) is 4.04. The highest BCUT2D eigenvalue weighted by Crippen LogP contribution is 2.13. The van der Waals surface area contributed by atoms with Crippen LogP contribution in [-0.2, 0) is 48.4 Å². The minimum Gasteiger partial charge on any atom is -0.459 e. The molecule has 0 saturated heterocycles. The molecular weight excluding hydrogens is 564 g/mol. The van der Waals surface area contributed by atoms with Crippen molar-refractivity contribution >= 4 is 24.1 Å². The molecule has 0 radical (unpaired) electrons. The molecule has 3 aromatic rings. The van der Waals surface area contributed by atoms with Gasteiger partial charge in [0.05, 0.1) is 0 Å². The van der Waals surface area contributed by atoms with E-state index in [0.717, 1.165) is 16.7 Å². The second kappa shape index (κ2) is 17.3. The van der Waals surface area contributed by atoms with E-state index in [-0.39, 0.29) is 39.1 Å². The van der Waals surface area contributed by atoms with Crippen LogP contribution in [0.1, 0.15) is 56.7 Å². The summed E-state index contributed by atoms with van der Waals surface area (Å²) in [6.45, 7) is 5.20. The highest BCUT2D eigenvalue weighted by molar-refractivity contribution is 5.82. The summed E-state index contributed by atoms with van der Waals surface area (Å²) in [5.74, 6) is -1.31. The summed E-state index contributed by atoms with van der Waals surface area (Å²) in [6, 6.07) is 25.3. The van der Waals surface area contributed by atoms with Crippen LogP contribution in [0.15, 0.2) is 91.0 Å². The van der Waals surface area contributed by atoms with Crippen molar-refractivity contribution in [2.45, 2.75) is 77.5 Å². The topological polar surface area (TPSA) is 129 Å². The zero-order chi connectivity index (χ0) is 31.8. The van der Waals surface area contributed by atoms with Crippen LogP contribution in [0.2, 0.25) is 0 Å². The molecule has 10 nitrogen and oxygen atoms in total. The van der Waals surface area contributed by atoms with Crippen molar-refractivity contribution in [2.75, 3.05) is 0 Å². The zero-order valence-electron chi connectivity index (χ0n) is 25.3. The van der Waals surface area contributed by atoms with Gasteiger partial charge in [0.15, 0.2) is 0 Å². The van der Waals surface area contributed by atoms with Gasteiger partial charge in [-0.25, -0.2) is 19.2 Å². The molecule has 3 aromatic carbocycles. The number of benzene rings is 3. The van der Waals surface area contributed by atoms with Gasteiger partial charge in [-0.05, 0) is 56.7 Å². The van der Waals surface area contributed by atoms with Crippen molar-refractivity contribution in [3.05, 3.63) is 108 Å². The number of ether oxygens (including phenoxy) is 4. The van der Waals surface area contributed by atoms with E-state index in [9.17, 15) is 19.2 Å². The average Bonchev–Trinajstić information content (AvgIpc) is 3.01. The lowest BCUT2D eigenvalue weighted by Gasteiger charge is -2.23. The molecule has 2 unspecified atom stereocenters. The molecule has 0 aliphatic heterocycles.